The van der Waals surface area contributed by atoms with Crippen LogP contribution in [0.4, 0.5) is 0 Å². The van der Waals surface area contributed by atoms with Crippen molar-refractivity contribution in [1.29, 1.82) is 0 Å². The lowest BCUT2D eigenvalue weighted by atomic mass is 10.1. The van der Waals surface area contributed by atoms with Gasteiger partial charge in [0.25, 0.3) is 0 Å². The van der Waals surface area contributed by atoms with Gasteiger partial charge in [-0.3, -0.25) is 0 Å². The molecule has 3 nitrogen and oxygen atoms in total. The van der Waals surface area contributed by atoms with Gasteiger partial charge in [0.2, 0.25) is 0 Å². The second-order valence-corrected chi connectivity index (χ2v) is 3.47. The van der Waals surface area contributed by atoms with Crippen LogP contribution in [0, 0.1) is 0 Å². The topological polar surface area (TPSA) is 43.8 Å². The van der Waals surface area contributed by atoms with Gasteiger partial charge in [-0.1, -0.05) is 18.2 Å². The molecule has 1 aromatic carbocycles. The highest BCUT2D eigenvalue weighted by Gasteiger charge is 2.02. The van der Waals surface area contributed by atoms with Crippen molar-refractivity contribution < 1.29 is 0 Å². The van der Waals surface area contributed by atoms with E-state index < -0.39 is 0 Å². The first-order valence-corrected chi connectivity index (χ1v) is 5.20. The second-order valence-electron chi connectivity index (χ2n) is 3.47. The van der Waals surface area contributed by atoms with Gasteiger partial charge in [-0.2, -0.15) is 5.10 Å². The fourth-order valence-electron chi connectivity index (χ4n) is 1.65. The number of hydrogen-bond acceptors (Lipinski definition) is 2. The minimum Gasteiger partial charge on any atom is -0.330 e. The molecule has 2 aromatic rings. The third-order valence-corrected chi connectivity index (χ3v) is 2.39. The summed E-state index contributed by atoms with van der Waals surface area (Å²) in [5.41, 5.74) is 7.97. The summed E-state index contributed by atoms with van der Waals surface area (Å²) in [4.78, 5) is 0. The van der Waals surface area contributed by atoms with Crippen molar-refractivity contribution in [2.45, 2.75) is 12.8 Å². The fraction of sp³-hybridized carbons (Fsp3) is 0.250. The molecule has 2 N–H and O–H groups in total. The Morgan fingerprint density at radius 2 is 2.07 bits per heavy atom. The van der Waals surface area contributed by atoms with E-state index in [1.54, 1.807) is 6.20 Å². The van der Waals surface area contributed by atoms with E-state index in [1.165, 1.54) is 5.56 Å². The van der Waals surface area contributed by atoms with Crippen LogP contribution >= 0.6 is 0 Å². The third-order valence-electron chi connectivity index (χ3n) is 2.39. The van der Waals surface area contributed by atoms with Crippen LogP contribution in [0.15, 0.2) is 42.7 Å². The molecule has 0 saturated carbocycles. The smallest absolute Gasteiger partial charge is 0.0677 e. The molecule has 0 unspecified atom stereocenters. The minimum absolute atomic E-state index is 0.730. The van der Waals surface area contributed by atoms with Crippen molar-refractivity contribution >= 4 is 0 Å². The van der Waals surface area contributed by atoms with Crippen LogP contribution in [0.1, 0.15) is 12.0 Å². The molecule has 0 bridgehead atoms. The summed E-state index contributed by atoms with van der Waals surface area (Å²) in [6.45, 7) is 0.730. The molecule has 15 heavy (non-hydrogen) atoms. The predicted molar refractivity (Wildman–Crippen MR) is 60.9 cm³/mol. The van der Waals surface area contributed by atoms with Crippen LogP contribution in [0.5, 0.6) is 0 Å². The Labute approximate surface area is 89.5 Å². The molecular weight excluding hydrogens is 186 g/mol. The number of aromatic nitrogens is 2. The van der Waals surface area contributed by atoms with Crippen LogP contribution in [0.3, 0.4) is 0 Å². The molecule has 0 spiro atoms. The van der Waals surface area contributed by atoms with E-state index in [4.69, 9.17) is 5.73 Å². The first-order chi connectivity index (χ1) is 7.42. The summed E-state index contributed by atoms with van der Waals surface area (Å²) < 4.78 is 1.89. The van der Waals surface area contributed by atoms with E-state index in [0.717, 1.165) is 25.1 Å². The summed E-state index contributed by atoms with van der Waals surface area (Å²) >= 11 is 0. The monoisotopic (exact) mass is 201 g/mol. The Morgan fingerprint density at radius 3 is 2.80 bits per heavy atom. The van der Waals surface area contributed by atoms with Gasteiger partial charge in [0, 0.05) is 12.4 Å². The van der Waals surface area contributed by atoms with Gasteiger partial charge in [-0.25, -0.2) is 4.68 Å². The standard InChI is InChI=1S/C12H15N3/c13-8-3-6-11-5-1-2-7-12(11)15-10-4-9-14-15/h1-2,4-5,7,9-10H,3,6,8,13H2. The van der Waals surface area contributed by atoms with Gasteiger partial charge in [-0.05, 0) is 37.1 Å². The first kappa shape index (κ1) is 9.93. The lowest BCUT2D eigenvalue weighted by Crippen LogP contribution is -2.04. The normalized spacial score (nSPS) is 10.5. The fourth-order valence-corrected chi connectivity index (χ4v) is 1.65. The number of aryl methyl sites for hydroxylation is 1. The third kappa shape index (κ3) is 2.25. The highest BCUT2D eigenvalue weighted by molar-refractivity contribution is 5.40. The SMILES string of the molecule is NCCCc1ccccc1-n1cccn1. The molecule has 1 heterocycles. The summed E-state index contributed by atoms with van der Waals surface area (Å²) in [6.07, 6.45) is 5.77. The Balaban J connectivity index is 2.30. The lowest BCUT2D eigenvalue weighted by molar-refractivity contribution is 0.804. The van der Waals surface area contributed by atoms with E-state index >= 15 is 0 Å². The molecule has 0 fully saturated rings. The zero-order valence-corrected chi connectivity index (χ0v) is 8.63. The second kappa shape index (κ2) is 4.75. The lowest BCUT2D eigenvalue weighted by Gasteiger charge is -2.08. The van der Waals surface area contributed by atoms with E-state index in [-0.39, 0.29) is 0 Å². The van der Waals surface area contributed by atoms with Gasteiger partial charge in [0.05, 0.1) is 5.69 Å². The molecule has 78 valence electrons. The molecule has 0 aliphatic rings. The summed E-state index contributed by atoms with van der Waals surface area (Å²) in [5, 5.41) is 4.24. The van der Waals surface area contributed by atoms with Crippen molar-refractivity contribution in [3.05, 3.63) is 48.3 Å². The molecule has 1 aromatic heterocycles. The number of nitrogens with two attached hydrogens (primary N) is 1. The van der Waals surface area contributed by atoms with E-state index in [1.807, 2.05) is 23.0 Å². The molecule has 0 amide bonds. The number of rotatable bonds is 4. The molecule has 3 heteroatoms. The zero-order chi connectivity index (χ0) is 10.5. The largest absolute Gasteiger partial charge is 0.330 e. The van der Waals surface area contributed by atoms with Crippen LogP contribution in [-0.4, -0.2) is 16.3 Å². The van der Waals surface area contributed by atoms with Gasteiger partial charge < -0.3 is 5.73 Å². The molecule has 0 aliphatic heterocycles. The van der Waals surface area contributed by atoms with E-state index in [9.17, 15) is 0 Å². The first-order valence-electron chi connectivity index (χ1n) is 5.20. The van der Waals surface area contributed by atoms with Crippen molar-refractivity contribution in [3.63, 3.8) is 0 Å². The van der Waals surface area contributed by atoms with Gasteiger partial charge in [0.1, 0.15) is 0 Å². The summed E-state index contributed by atoms with van der Waals surface area (Å²) in [5.74, 6) is 0. The molecule has 0 aliphatic carbocycles. The molecule has 2 rings (SSSR count). The van der Waals surface area contributed by atoms with Gasteiger partial charge >= 0.3 is 0 Å². The van der Waals surface area contributed by atoms with E-state index in [0.29, 0.717) is 0 Å². The highest BCUT2D eigenvalue weighted by Crippen LogP contribution is 2.14. The Morgan fingerprint density at radius 1 is 1.20 bits per heavy atom. The van der Waals surface area contributed by atoms with E-state index in [2.05, 4.69) is 23.3 Å². The molecule has 0 radical (unpaired) electrons. The Hall–Kier alpha value is -1.61. The molecule has 0 saturated heterocycles. The van der Waals surface area contributed by atoms with Gasteiger partial charge in [-0.15, -0.1) is 0 Å². The number of benzene rings is 1. The van der Waals surface area contributed by atoms with Crippen molar-refractivity contribution in [2.24, 2.45) is 5.73 Å². The van der Waals surface area contributed by atoms with Crippen molar-refractivity contribution in [2.75, 3.05) is 6.54 Å². The maximum atomic E-state index is 5.52. The van der Waals surface area contributed by atoms with Crippen LogP contribution < -0.4 is 5.73 Å². The van der Waals surface area contributed by atoms with Crippen LogP contribution in [-0.2, 0) is 6.42 Å². The average molecular weight is 201 g/mol. The Kier molecular flexibility index (Phi) is 3.15. The minimum atomic E-state index is 0.730. The molecule has 0 atom stereocenters. The summed E-state index contributed by atoms with van der Waals surface area (Å²) in [6, 6.07) is 10.2. The van der Waals surface area contributed by atoms with Crippen molar-refractivity contribution in [1.82, 2.24) is 9.78 Å². The summed E-state index contributed by atoms with van der Waals surface area (Å²) in [7, 11) is 0. The predicted octanol–water partition coefficient (Wildman–Crippen LogP) is 1.76. The maximum Gasteiger partial charge on any atom is 0.0677 e. The highest BCUT2D eigenvalue weighted by atomic mass is 15.3. The average Bonchev–Trinajstić information content (AvgIpc) is 2.80. The van der Waals surface area contributed by atoms with Crippen LogP contribution in [0.25, 0.3) is 5.69 Å². The van der Waals surface area contributed by atoms with Gasteiger partial charge in [0.15, 0.2) is 0 Å². The maximum absolute atomic E-state index is 5.52. The number of para-hydroxylation sites is 1. The van der Waals surface area contributed by atoms with Crippen molar-refractivity contribution in [3.8, 4) is 5.69 Å². The Bertz CT molecular complexity index is 407. The van der Waals surface area contributed by atoms with Crippen LogP contribution in [0.2, 0.25) is 0 Å². The zero-order valence-electron chi connectivity index (χ0n) is 8.63. The molecular formula is C12H15N3. The quantitative estimate of drug-likeness (QED) is 0.819. The number of hydrogen-bond donors (Lipinski definition) is 1. The number of nitrogens with zero attached hydrogens (tertiary/aromatic N) is 2.